The molecule has 0 saturated carbocycles. The van der Waals surface area contributed by atoms with Crippen LogP contribution in [0.5, 0.6) is 0 Å². The van der Waals surface area contributed by atoms with Crippen LogP contribution in [0.2, 0.25) is 0 Å². The van der Waals surface area contributed by atoms with Gasteiger partial charge in [0.1, 0.15) is 0 Å². The summed E-state index contributed by atoms with van der Waals surface area (Å²) in [6, 6.07) is 0. The average Bonchev–Trinajstić information content (AvgIpc) is 0.722. The van der Waals surface area contributed by atoms with E-state index in [1.54, 1.807) is 0 Å². The number of rotatable bonds is 0. The fourth-order valence-electron chi connectivity index (χ4n) is 0. The minimum Gasteiger partial charge on any atom is 2.00 e. The van der Waals surface area contributed by atoms with Gasteiger partial charge < -0.3 is 19.2 Å². The van der Waals surface area contributed by atoms with Gasteiger partial charge in [0, 0.05) is 0 Å². The molecule has 0 amide bonds. The zero-order valence-corrected chi connectivity index (χ0v) is 9.60. The van der Waals surface area contributed by atoms with Crippen LogP contribution in [0.3, 0.4) is 0 Å². The first-order valence-electron chi connectivity index (χ1n) is 0.748. The van der Waals surface area contributed by atoms with Crippen LogP contribution in [0.15, 0.2) is 0 Å². The molecule has 7 heteroatoms. The third-order valence-corrected chi connectivity index (χ3v) is 0. The summed E-state index contributed by atoms with van der Waals surface area (Å²) in [5.41, 5.74) is 0. The maximum atomic E-state index is 8.66. The summed E-state index contributed by atoms with van der Waals surface area (Å²) < 4.78 is 8.66. The van der Waals surface area contributed by atoms with E-state index in [4.69, 9.17) is 19.2 Å². The third-order valence-electron chi connectivity index (χ3n) is 0. The molecule has 7 heavy (non-hydrogen) atoms. The van der Waals surface area contributed by atoms with E-state index in [0.29, 0.717) is 0 Å². The second-order valence-electron chi connectivity index (χ2n) is 0.469. The van der Waals surface area contributed by atoms with Crippen molar-refractivity contribution in [2.24, 2.45) is 0 Å². The van der Waals surface area contributed by atoms with Crippen LogP contribution in [0, 0.1) is 0 Å². The van der Waals surface area contributed by atoms with Gasteiger partial charge in [-0.25, -0.2) is 0 Å². The van der Waals surface area contributed by atoms with Crippen LogP contribution >= 0.6 is 7.82 Å². The van der Waals surface area contributed by atoms with Crippen molar-refractivity contribution in [2.45, 2.75) is 0 Å². The monoisotopic (exact) mass is 214 g/mol. The molecule has 1 N–H and O–H groups in total. The minimum atomic E-state index is -5.14. The Morgan fingerprint density at radius 1 is 1.43 bits per heavy atom. The van der Waals surface area contributed by atoms with Crippen LogP contribution in [-0.2, 0) is 4.57 Å². The quantitative estimate of drug-likeness (QED) is 0.331. The average molecular weight is 214 g/mol. The van der Waals surface area contributed by atoms with Crippen LogP contribution in [0.1, 0.15) is 0 Å². The first kappa shape index (κ1) is 16.0. The van der Waals surface area contributed by atoms with Gasteiger partial charge >= 0.3 is 55.7 Å². The van der Waals surface area contributed by atoms with Gasteiger partial charge in [0.25, 0.3) is 0 Å². The summed E-state index contributed by atoms with van der Waals surface area (Å²) in [6.45, 7) is 0. The maximum Gasteiger partial charge on any atom is 2.00 e. The Morgan fingerprint density at radius 3 is 1.43 bits per heavy atom. The molecule has 4 nitrogen and oxygen atoms in total. The zero-order chi connectivity index (χ0) is 4.50. The second kappa shape index (κ2) is 6.05. The molecule has 0 aliphatic rings. The summed E-state index contributed by atoms with van der Waals surface area (Å²) in [5.74, 6) is 0. The molecule has 0 aliphatic heterocycles. The fourth-order valence-corrected chi connectivity index (χ4v) is 0. The number of hydrogen-bond acceptors (Lipinski definition) is 3. The molecule has 40 valence electrons. The summed E-state index contributed by atoms with van der Waals surface area (Å²) in [7, 11) is -5.14. The van der Waals surface area contributed by atoms with E-state index in [0.717, 1.165) is 0 Å². The predicted octanol–water partition coefficient (Wildman–Crippen LogP) is -3.76. The summed E-state index contributed by atoms with van der Waals surface area (Å²) in [4.78, 5) is 24.3. The zero-order valence-electron chi connectivity index (χ0n) is 3.53. The van der Waals surface area contributed by atoms with Gasteiger partial charge in [-0.2, -0.15) is 0 Å². The van der Waals surface area contributed by atoms with E-state index in [1.807, 2.05) is 0 Å². The molecule has 0 radical (unpaired) electrons. The van der Waals surface area contributed by atoms with Gasteiger partial charge in [-0.05, 0) is 0 Å². The second-order valence-corrected chi connectivity index (χ2v) is 1.41. The van der Waals surface area contributed by atoms with Crippen molar-refractivity contribution in [1.29, 1.82) is 0 Å². The van der Waals surface area contributed by atoms with Crippen molar-refractivity contribution >= 4 is 63.5 Å². The van der Waals surface area contributed by atoms with E-state index in [2.05, 4.69) is 0 Å². The molecular weight excluding hydrogens is 210 g/mol. The molecular formula is H4AsCaO4P. The van der Waals surface area contributed by atoms with Crippen molar-refractivity contribution in [3.8, 4) is 0 Å². The Hall–Kier alpha value is 1.93. The molecule has 0 heterocycles. The van der Waals surface area contributed by atoms with E-state index < -0.39 is 7.82 Å². The van der Waals surface area contributed by atoms with Crippen LogP contribution < -0.4 is 9.79 Å². The van der Waals surface area contributed by atoms with Crippen molar-refractivity contribution in [3.05, 3.63) is 0 Å². The molecule has 0 saturated heterocycles. The molecule has 0 aromatic carbocycles. The molecule has 0 aliphatic carbocycles. The Balaban J connectivity index is -0.0000000800. The van der Waals surface area contributed by atoms with Gasteiger partial charge in [0.2, 0.25) is 0 Å². The topological polar surface area (TPSA) is 83.4 Å². The molecule has 0 rings (SSSR count). The standard InChI is InChI=1S/AsH3.Ca.H3O4P/c;;1-5(2,3)4/h1H3;;(H3,1,2,3,4)/q;+2;/p-2. The van der Waals surface area contributed by atoms with Crippen molar-refractivity contribution < 1.29 is 19.2 Å². The van der Waals surface area contributed by atoms with Gasteiger partial charge in [0.15, 0.2) is 0 Å². The summed E-state index contributed by atoms with van der Waals surface area (Å²) in [5, 5.41) is 0. The molecule has 0 bridgehead atoms. The van der Waals surface area contributed by atoms with Crippen LogP contribution in [-0.4, -0.2) is 60.6 Å². The van der Waals surface area contributed by atoms with Gasteiger partial charge in [-0.15, -0.1) is 0 Å². The van der Waals surface area contributed by atoms with Crippen LogP contribution in [0.25, 0.3) is 0 Å². The molecule has 1 unspecified atom stereocenters. The van der Waals surface area contributed by atoms with E-state index in [-0.39, 0.29) is 55.7 Å². The maximum absolute atomic E-state index is 8.66. The van der Waals surface area contributed by atoms with Crippen LogP contribution in [0.4, 0.5) is 0 Å². The van der Waals surface area contributed by atoms with E-state index in [1.165, 1.54) is 0 Å². The van der Waals surface area contributed by atoms with Crippen molar-refractivity contribution in [2.75, 3.05) is 0 Å². The van der Waals surface area contributed by atoms with Gasteiger partial charge in [-0.1, -0.05) is 0 Å². The summed E-state index contributed by atoms with van der Waals surface area (Å²) in [6.07, 6.45) is 0. The first-order chi connectivity index (χ1) is 2.00. The normalized spacial score (nSPS) is 8.43. The van der Waals surface area contributed by atoms with Crippen molar-refractivity contribution in [1.82, 2.24) is 0 Å². The Morgan fingerprint density at radius 2 is 1.43 bits per heavy atom. The Bertz CT molecular complexity index is 57.8. The molecule has 0 spiro atoms. The number of phosphoric acid groups is 1. The summed E-state index contributed by atoms with van der Waals surface area (Å²) >= 11 is 0. The Kier molecular flexibility index (Phi) is 13.8. The molecule has 0 fully saturated rings. The smallest absolute Gasteiger partial charge is 2.00 e. The van der Waals surface area contributed by atoms with Gasteiger partial charge in [0.05, 0.1) is 7.82 Å². The molecule has 1 atom stereocenters. The SMILES string of the molecule is O=P([O-])([O-])O.[AsH3].[Ca+2]. The fraction of sp³-hybridized carbons (Fsp3) is 0. The largest absolute Gasteiger partial charge is 2.00 e. The van der Waals surface area contributed by atoms with E-state index >= 15 is 0 Å². The van der Waals surface area contributed by atoms with Gasteiger partial charge in [-0.3, -0.25) is 0 Å². The van der Waals surface area contributed by atoms with E-state index in [9.17, 15) is 0 Å². The molecule has 0 aromatic rings. The minimum absolute atomic E-state index is 0. The Labute approximate surface area is 81.9 Å². The van der Waals surface area contributed by atoms with Crippen molar-refractivity contribution in [3.63, 3.8) is 0 Å². The molecule has 0 aromatic heterocycles. The predicted molar refractivity (Wildman–Crippen MR) is 25.5 cm³/mol. The number of hydrogen-bond donors (Lipinski definition) is 1. The first-order valence-corrected chi connectivity index (χ1v) is 2.24. The third kappa shape index (κ3) is 74.9.